The summed E-state index contributed by atoms with van der Waals surface area (Å²) in [6.45, 7) is 6.19. The monoisotopic (exact) mass is 624 g/mol. The van der Waals surface area contributed by atoms with Gasteiger partial charge in [0.2, 0.25) is 0 Å². The molecule has 0 radical (unpaired) electrons. The number of carbonyl (C=O) groups excluding carboxylic acids is 3. The Balaban J connectivity index is 1.45. The van der Waals surface area contributed by atoms with Crippen molar-refractivity contribution in [3.05, 3.63) is 118 Å². The molecule has 0 spiro atoms. The molecule has 3 heterocycles. The summed E-state index contributed by atoms with van der Waals surface area (Å²) in [5, 5.41) is 11.7. The number of aliphatic hydroxyl groups is 1. The Morgan fingerprint density at radius 2 is 1.84 bits per heavy atom. The first-order valence-electron chi connectivity index (χ1n) is 14.1. The summed E-state index contributed by atoms with van der Waals surface area (Å²) >= 11 is 0.920. The maximum Gasteiger partial charge on any atom is 0.350 e. The van der Waals surface area contributed by atoms with Gasteiger partial charge < -0.3 is 24.1 Å². The fourth-order valence-electron chi connectivity index (χ4n) is 5.08. The van der Waals surface area contributed by atoms with Crippen molar-refractivity contribution in [1.29, 1.82) is 0 Å². The number of Topliss-reactive ketones (excluding diaryl/α,β-unsaturated/α-hetero) is 1. The molecule has 1 N–H and O–H groups in total. The minimum atomic E-state index is -1.10. The molecule has 0 aliphatic carbocycles. The van der Waals surface area contributed by atoms with E-state index in [2.05, 4.69) is 11.6 Å². The molecule has 4 aromatic rings. The first-order chi connectivity index (χ1) is 21.9. The Labute approximate surface area is 262 Å². The molecule has 1 aromatic heterocycles. The van der Waals surface area contributed by atoms with Gasteiger partial charge in [-0.1, -0.05) is 66.5 Å². The van der Waals surface area contributed by atoms with Crippen LogP contribution in [-0.2, 0) is 20.9 Å². The van der Waals surface area contributed by atoms with Crippen molar-refractivity contribution in [3.63, 3.8) is 0 Å². The second-order valence-corrected chi connectivity index (χ2v) is 11.1. The highest BCUT2D eigenvalue weighted by Crippen LogP contribution is 2.45. The number of ketones is 1. The van der Waals surface area contributed by atoms with Crippen LogP contribution in [0.5, 0.6) is 17.2 Å². The third kappa shape index (κ3) is 5.89. The lowest BCUT2D eigenvalue weighted by Crippen LogP contribution is -2.29. The number of hydrogen-bond donors (Lipinski definition) is 1. The molecule has 2 aliphatic rings. The van der Waals surface area contributed by atoms with Gasteiger partial charge in [-0.15, -0.1) is 0 Å². The zero-order chi connectivity index (χ0) is 31.5. The van der Waals surface area contributed by atoms with Crippen molar-refractivity contribution >= 4 is 39.9 Å². The average Bonchev–Trinajstić information content (AvgIpc) is 3.58. The largest absolute Gasteiger partial charge is 0.507 e. The Morgan fingerprint density at radius 1 is 1.07 bits per heavy atom. The molecular formula is C34H28N2O8S. The molecule has 0 saturated carbocycles. The zero-order valence-corrected chi connectivity index (χ0v) is 25.0. The number of hydrogen-bond acceptors (Lipinski definition) is 10. The molecule has 45 heavy (non-hydrogen) atoms. The molecule has 11 heteroatoms. The third-order valence-corrected chi connectivity index (χ3v) is 8.33. The topological polar surface area (TPSA) is 124 Å². The van der Waals surface area contributed by atoms with E-state index in [4.69, 9.17) is 18.9 Å². The van der Waals surface area contributed by atoms with Gasteiger partial charge in [0.15, 0.2) is 16.6 Å². The minimum absolute atomic E-state index is 0.00132. The molecule has 228 valence electrons. The quantitative estimate of drug-likeness (QED) is 0.0812. The molecule has 3 aromatic carbocycles. The smallest absolute Gasteiger partial charge is 0.350 e. The number of carbonyl (C=O) groups is 3. The lowest BCUT2D eigenvalue weighted by Gasteiger charge is -2.24. The molecule has 1 atom stereocenters. The van der Waals surface area contributed by atoms with Crippen LogP contribution >= 0.6 is 11.3 Å². The van der Waals surface area contributed by atoms with E-state index in [1.54, 1.807) is 49.4 Å². The van der Waals surface area contributed by atoms with Gasteiger partial charge in [-0.05, 0) is 48.4 Å². The number of amides is 1. The Hall–Kier alpha value is -5.42. The number of rotatable bonds is 9. The number of thiazole rings is 1. The van der Waals surface area contributed by atoms with Crippen molar-refractivity contribution < 1.29 is 38.4 Å². The highest BCUT2D eigenvalue weighted by atomic mass is 32.1. The van der Waals surface area contributed by atoms with E-state index in [0.29, 0.717) is 48.3 Å². The van der Waals surface area contributed by atoms with Crippen LogP contribution < -0.4 is 19.1 Å². The average molecular weight is 625 g/mol. The van der Waals surface area contributed by atoms with Gasteiger partial charge in [0.1, 0.15) is 42.8 Å². The zero-order valence-electron chi connectivity index (χ0n) is 24.2. The number of fused-ring (bicyclic) bond motifs is 1. The van der Waals surface area contributed by atoms with E-state index in [1.807, 2.05) is 30.3 Å². The number of aromatic nitrogens is 1. The van der Waals surface area contributed by atoms with Crippen LogP contribution in [0.1, 0.15) is 38.1 Å². The van der Waals surface area contributed by atoms with Crippen LogP contribution in [0.3, 0.4) is 0 Å². The van der Waals surface area contributed by atoms with Crippen molar-refractivity contribution in [2.75, 3.05) is 24.7 Å². The molecule has 2 aliphatic heterocycles. The number of aliphatic hydroxyl groups excluding tert-OH is 1. The number of nitrogens with zero attached hydrogens (tertiary/aromatic N) is 2. The van der Waals surface area contributed by atoms with Crippen LogP contribution in [-0.4, -0.2) is 47.6 Å². The van der Waals surface area contributed by atoms with Crippen molar-refractivity contribution in [2.24, 2.45) is 0 Å². The van der Waals surface area contributed by atoms with E-state index >= 15 is 0 Å². The van der Waals surface area contributed by atoms with E-state index in [1.165, 1.54) is 11.0 Å². The standard InChI is InChI=1S/C34H28N2O8S/c1-3-14-43-33(40)31-20(2)35-34(45-31)36-28(22-10-7-11-24(17-22)44-19-21-8-5-4-6-9-21)27(30(38)32(36)39)29(37)23-12-13-25-26(18-23)42-16-15-41-25/h3-13,17-18,28,37H,1,14-16,19H2,2H3/b29-27-. The summed E-state index contributed by atoms with van der Waals surface area (Å²) < 4.78 is 22.5. The fraction of sp³-hybridized carbons (Fsp3) is 0.176. The first-order valence-corrected chi connectivity index (χ1v) is 14.9. The second kappa shape index (κ2) is 12.7. The van der Waals surface area contributed by atoms with Crippen LogP contribution in [0.4, 0.5) is 5.13 Å². The summed E-state index contributed by atoms with van der Waals surface area (Å²) in [4.78, 5) is 46.0. The van der Waals surface area contributed by atoms with Crippen LogP contribution in [0.15, 0.2) is 91.0 Å². The normalized spacial score (nSPS) is 16.8. The molecule has 1 saturated heterocycles. The van der Waals surface area contributed by atoms with Gasteiger partial charge in [0.25, 0.3) is 5.78 Å². The maximum atomic E-state index is 13.7. The number of benzene rings is 3. The van der Waals surface area contributed by atoms with Gasteiger partial charge >= 0.3 is 11.9 Å². The minimum Gasteiger partial charge on any atom is -0.507 e. The predicted octanol–water partition coefficient (Wildman–Crippen LogP) is 5.77. The predicted molar refractivity (Wildman–Crippen MR) is 167 cm³/mol. The molecule has 1 unspecified atom stereocenters. The summed E-state index contributed by atoms with van der Waals surface area (Å²) in [6, 6.07) is 20.3. The van der Waals surface area contributed by atoms with E-state index in [-0.39, 0.29) is 27.8 Å². The Morgan fingerprint density at radius 3 is 2.62 bits per heavy atom. The summed E-state index contributed by atoms with van der Waals surface area (Å²) in [5.41, 5.74) is 1.89. The fourth-order valence-corrected chi connectivity index (χ4v) is 6.07. The Bertz CT molecular complexity index is 1830. The number of aryl methyl sites for hydroxylation is 1. The van der Waals surface area contributed by atoms with Gasteiger partial charge in [0, 0.05) is 5.56 Å². The highest BCUT2D eigenvalue weighted by Gasteiger charge is 2.48. The van der Waals surface area contributed by atoms with Crippen molar-refractivity contribution in [1.82, 2.24) is 4.98 Å². The third-order valence-electron chi connectivity index (χ3n) is 7.19. The van der Waals surface area contributed by atoms with E-state index in [0.717, 1.165) is 16.9 Å². The lowest BCUT2D eigenvalue weighted by molar-refractivity contribution is -0.132. The lowest BCUT2D eigenvalue weighted by atomic mass is 9.95. The second-order valence-electron chi connectivity index (χ2n) is 10.2. The van der Waals surface area contributed by atoms with E-state index < -0.39 is 29.5 Å². The number of esters is 1. The maximum absolute atomic E-state index is 13.7. The van der Waals surface area contributed by atoms with Crippen LogP contribution in [0.2, 0.25) is 0 Å². The van der Waals surface area contributed by atoms with Gasteiger partial charge in [-0.2, -0.15) is 0 Å². The van der Waals surface area contributed by atoms with Gasteiger partial charge in [-0.3, -0.25) is 14.5 Å². The van der Waals surface area contributed by atoms with Gasteiger partial charge in [0.05, 0.1) is 17.3 Å². The van der Waals surface area contributed by atoms with Crippen LogP contribution in [0.25, 0.3) is 5.76 Å². The summed E-state index contributed by atoms with van der Waals surface area (Å²) in [7, 11) is 0. The van der Waals surface area contributed by atoms with Crippen LogP contribution in [0, 0.1) is 6.92 Å². The number of anilines is 1. The van der Waals surface area contributed by atoms with Crippen molar-refractivity contribution in [2.45, 2.75) is 19.6 Å². The molecule has 0 bridgehead atoms. The van der Waals surface area contributed by atoms with Crippen molar-refractivity contribution in [3.8, 4) is 17.2 Å². The number of ether oxygens (including phenoxy) is 4. The molecule has 10 nitrogen and oxygen atoms in total. The Kier molecular flexibility index (Phi) is 8.35. The van der Waals surface area contributed by atoms with Gasteiger partial charge in [-0.25, -0.2) is 9.78 Å². The SMILES string of the molecule is C=CCOC(=O)c1sc(N2C(=O)C(=O)/C(=C(\O)c3ccc4c(c3)OCCO4)C2c2cccc(OCc3ccccc3)c2)nc1C. The summed E-state index contributed by atoms with van der Waals surface area (Å²) in [5.74, 6) is -1.44. The molecule has 6 rings (SSSR count). The van der Waals surface area contributed by atoms with E-state index in [9.17, 15) is 19.5 Å². The molecule has 1 fully saturated rings. The summed E-state index contributed by atoms with van der Waals surface area (Å²) in [6.07, 6.45) is 1.44. The first kappa shape index (κ1) is 29.6. The molecular weight excluding hydrogens is 596 g/mol. The molecule has 1 amide bonds. The highest BCUT2D eigenvalue weighted by molar-refractivity contribution is 7.17.